The average Bonchev–Trinajstić information content (AvgIpc) is 3.08. The maximum atomic E-state index is 9.48. The van der Waals surface area contributed by atoms with Gasteiger partial charge in [-0.05, 0) is 38.0 Å². The number of rotatable bonds is 8. The van der Waals surface area contributed by atoms with Crippen LogP contribution in [-0.4, -0.2) is 27.4 Å². The molecule has 0 bridgehead atoms. The second-order valence-corrected chi connectivity index (χ2v) is 7.01. The van der Waals surface area contributed by atoms with E-state index in [9.17, 15) is 5.11 Å². The molecule has 0 saturated heterocycles. The molecule has 0 amide bonds. The first kappa shape index (κ1) is 19.0. The molecule has 2 aromatic carbocycles. The quantitative estimate of drug-likeness (QED) is 0.524. The Bertz CT molecular complexity index is 900. The van der Waals surface area contributed by atoms with E-state index in [2.05, 4.69) is 28.7 Å². The molecule has 3 rings (SSSR count). The van der Waals surface area contributed by atoms with Gasteiger partial charge < -0.3 is 25.5 Å². The number of imidazole rings is 1. The van der Waals surface area contributed by atoms with Gasteiger partial charge in [0.2, 0.25) is 0 Å². The lowest BCUT2D eigenvalue weighted by Crippen LogP contribution is -2.19. The van der Waals surface area contributed by atoms with Gasteiger partial charge in [-0.25, -0.2) is 4.98 Å². The standard InChI is InChI=1S/C21H28N4O2/c1-4-17(12-26)27-18-9-19(23-11-15-6-5-7-16(22)8-15)21-20(10-18)25(13-24-21)14(2)3/h5-10,13-14,17,23,26H,4,11-12,22H2,1-3H3/t17-/m1/s1. The Morgan fingerprint density at radius 3 is 2.74 bits per heavy atom. The Hall–Kier alpha value is -2.73. The first-order chi connectivity index (χ1) is 13.0. The van der Waals surface area contributed by atoms with Crippen molar-refractivity contribution >= 4 is 22.4 Å². The van der Waals surface area contributed by atoms with Gasteiger partial charge in [0.15, 0.2) is 0 Å². The molecular weight excluding hydrogens is 340 g/mol. The maximum Gasteiger partial charge on any atom is 0.124 e. The van der Waals surface area contributed by atoms with Crippen molar-refractivity contribution in [3.05, 3.63) is 48.3 Å². The third-order valence-electron chi connectivity index (χ3n) is 4.60. The number of nitrogens with one attached hydrogen (secondary N) is 1. The Morgan fingerprint density at radius 2 is 2.07 bits per heavy atom. The molecule has 0 unspecified atom stereocenters. The molecule has 1 atom stereocenters. The topological polar surface area (TPSA) is 85.3 Å². The van der Waals surface area contributed by atoms with E-state index in [1.165, 1.54) is 0 Å². The smallest absolute Gasteiger partial charge is 0.124 e. The molecule has 1 aromatic heterocycles. The molecule has 0 aliphatic heterocycles. The van der Waals surface area contributed by atoms with Crippen LogP contribution in [0.15, 0.2) is 42.7 Å². The van der Waals surface area contributed by atoms with Crippen LogP contribution in [0.25, 0.3) is 11.0 Å². The molecule has 0 aliphatic rings. The van der Waals surface area contributed by atoms with Gasteiger partial charge >= 0.3 is 0 Å². The number of benzene rings is 2. The van der Waals surface area contributed by atoms with Crippen LogP contribution in [0.1, 0.15) is 38.8 Å². The number of hydrogen-bond donors (Lipinski definition) is 3. The predicted octanol–water partition coefficient (Wildman–Crippen LogP) is 3.96. The number of fused-ring (bicyclic) bond motifs is 1. The highest BCUT2D eigenvalue weighted by Crippen LogP contribution is 2.31. The van der Waals surface area contributed by atoms with Crippen LogP contribution in [0.3, 0.4) is 0 Å². The number of nitrogens with zero attached hydrogens (tertiary/aromatic N) is 2. The molecule has 0 saturated carbocycles. The van der Waals surface area contributed by atoms with Crippen LogP contribution in [-0.2, 0) is 6.54 Å². The summed E-state index contributed by atoms with van der Waals surface area (Å²) >= 11 is 0. The van der Waals surface area contributed by atoms with E-state index in [1.807, 2.05) is 49.6 Å². The number of nitrogens with two attached hydrogens (primary N) is 1. The monoisotopic (exact) mass is 368 g/mol. The largest absolute Gasteiger partial charge is 0.488 e. The number of hydrogen-bond acceptors (Lipinski definition) is 5. The number of aliphatic hydroxyl groups is 1. The van der Waals surface area contributed by atoms with Gasteiger partial charge in [-0.3, -0.25) is 0 Å². The number of aromatic nitrogens is 2. The summed E-state index contributed by atoms with van der Waals surface area (Å²) in [4.78, 5) is 4.60. The SMILES string of the molecule is CC[C@H](CO)Oc1cc(NCc2cccc(N)c2)c2ncn(C(C)C)c2c1. The lowest BCUT2D eigenvalue weighted by Gasteiger charge is -2.17. The van der Waals surface area contributed by atoms with Crippen LogP contribution < -0.4 is 15.8 Å². The summed E-state index contributed by atoms with van der Waals surface area (Å²) in [6.45, 7) is 6.87. The Morgan fingerprint density at radius 1 is 1.26 bits per heavy atom. The van der Waals surface area contributed by atoms with Crippen molar-refractivity contribution in [3.63, 3.8) is 0 Å². The summed E-state index contributed by atoms with van der Waals surface area (Å²) in [5.41, 5.74) is 10.5. The summed E-state index contributed by atoms with van der Waals surface area (Å²) in [5, 5.41) is 12.9. The molecule has 0 fully saturated rings. The highest BCUT2D eigenvalue weighted by molar-refractivity contribution is 5.90. The van der Waals surface area contributed by atoms with Gasteiger partial charge in [0.05, 0.1) is 24.1 Å². The number of aliphatic hydroxyl groups excluding tert-OH is 1. The van der Waals surface area contributed by atoms with Gasteiger partial charge in [-0.15, -0.1) is 0 Å². The Labute approximate surface area is 160 Å². The van der Waals surface area contributed by atoms with Crippen molar-refractivity contribution < 1.29 is 9.84 Å². The molecule has 0 spiro atoms. The first-order valence-electron chi connectivity index (χ1n) is 9.38. The van der Waals surface area contributed by atoms with Gasteiger partial charge in [0.1, 0.15) is 17.4 Å². The Kier molecular flexibility index (Phi) is 5.86. The minimum absolute atomic E-state index is 0.00989. The van der Waals surface area contributed by atoms with Gasteiger partial charge in [-0.1, -0.05) is 19.1 Å². The van der Waals surface area contributed by atoms with Crippen molar-refractivity contribution in [1.29, 1.82) is 0 Å². The zero-order valence-electron chi connectivity index (χ0n) is 16.1. The van der Waals surface area contributed by atoms with Crippen LogP contribution in [0.4, 0.5) is 11.4 Å². The molecule has 27 heavy (non-hydrogen) atoms. The van der Waals surface area contributed by atoms with E-state index in [-0.39, 0.29) is 18.8 Å². The lowest BCUT2D eigenvalue weighted by molar-refractivity contribution is 0.113. The number of anilines is 2. The summed E-state index contributed by atoms with van der Waals surface area (Å²) in [7, 11) is 0. The second kappa shape index (κ2) is 8.31. The lowest BCUT2D eigenvalue weighted by atomic mass is 10.2. The van der Waals surface area contributed by atoms with Gasteiger partial charge in [-0.2, -0.15) is 0 Å². The van der Waals surface area contributed by atoms with Crippen molar-refractivity contribution in [3.8, 4) is 5.75 Å². The second-order valence-electron chi connectivity index (χ2n) is 7.01. The first-order valence-corrected chi connectivity index (χ1v) is 9.38. The molecule has 0 aliphatic carbocycles. The zero-order valence-corrected chi connectivity index (χ0v) is 16.1. The minimum Gasteiger partial charge on any atom is -0.488 e. The molecule has 1 heterocycles. The third-order valence-corrected chi connectivity index (χ3v) is 4.60. The van der Waals surface area contributed by atoms with Crippen molar-refractivity contribution in [2.45, 2.75) is 45.9 Å². The van der Waals surface area contributed by atoms with Crippen LogP contribution in [0.5, 0.6) is 5.75 Å². The fraction of sp³-hybridized carbons (Fsp3) is 0.381. The molecular formula is C21H28N4O2. The average molecular weight is 368 g/mol. The highest BCUT2D eigenvalue weighted by Gasteiger charge is 2.14. The highest BCUT2D eigenvalue weighted by atomic mass is 16.5. The normalized spacial score (nSPS) is 12.5. The van der Waals surface area contributed by atoms with Gasteiger partial charge in [0.25, 0.3) is 0 Å². The molecule has 0 radical (unpaired) electrons. The van der Waals surface area contributed by atoms with Gasteiger partial charge in [0, 0.05) is 30.4 Å². The van der Waals surface area contributed by atoms with Crippen LogP contribution >= 0.6 is 0 Å². The Balaban J connectivity index is 1.96. The molecule has 3 aromatic rings. The van der Waals surface area contributed by atoms with Crippen molar-refractivity contribution in [2.24, 2.45) is 0 Å². The molecule has 4 N–H and O–H groups in total. The third kappa shape index (κ3) is 4.34. The fourth-order valence-corrected chi connectivity index (χ4v) is 3.06. The fourth-order valence-electron chi connectivity index (χ4n) is 3.06. The minimum atomic E-state index is -0.223. The van der Waals surface area contributed by atoms with E-state index in [0.29, 0.717) is 6.54 Å². The molecule has 6 heteroatoms. The van der Waals surface area contributed by atoms with Crippen molar-refractivity contribution in [2.75, 3.05) is 17.7 Å². The van der Waals surface area contributed by atoms with E-state index in [0.717, 1.165) is 40.1 Å². The predicted molar refractivity (Wildman–Crippen MR) is 110 cm³/mol. The summed E-state index contributed by atoms with van der Waals surface area (Å²) < 4.78 is 8.10. The van der Waals surface area contributed by atoms with E-state index < -0.39 is 0 Å². The van der Waals surface area contributed by atoms with E-state index in [1.54, 1.807) is 0 Å². The summed E-state index contributed by atoms with van der Waals surface area (Å²) in [6.07, 6.45) is 2.37. The number of ether oxygens (including phenoxy) is 1. The van der Waals surface area contributed by atoms with Crippen molar-refractivity contribution in [1.82, 2.24) is 9.55 Å². The van der Waals surface area contributed by atoms with Crippen LogP contribution in [0.2, 0.25) is 0 Å². The van der Waals surface area contributed by atoms with E-state index in [4.69, 9.17) is 10.5 Å². The summed E-state index contributed by atoms with van der Waals surface area (Å²) in [5.74, 6) is 0.723. The number of nitrogen functional groups attached to an aromatic ring is 1. The van der Waals surface area contributed by atoms with E-state index >= 15 is 0 Å². The van der Waals surface area contributed by atoms with Crippen LogP contribution in [0, 0.1) is 0 Å². The molecule has 144 valence electrons. The molecule has 6 nitrogen and oxygen atoms in total. The summed E-state index contributed by atoms with van der Waals surface area (Å²) in [6, 6.07) is 12.0. The zero-order chi connectivity index (χ0) is 19.4. The maximum absolute atomic E-state index is 9.48.